The number of hydrogen-bond acceptors (Lipinski definition) is 4. The number of guanidine groups is 1. The maximum Gasteiger partial charge on any atom is 0.191 e. The number of nitrogens with zero attached hydrogens (tertiary/aromatic N) is 3. The van der Waals surface area contributed by atoms with Gasteiger partial charge in [-0.25, -0.2) is 4.98 Å². The average molecular weight is 350 g/mol. The van der Waals surface area contributed by atoms with E-state index in [1.807, 2.05) is 25.0 Å². The first-order chi connectivity index (χ1) is 11.5. The third-order valence-electron chi connectivity index (χ3n) is 4.41. The maximum absolute atomic E-state index is 4.54. The third-order valence-corrected chi connectivity index (χ3v) is 5.66. The number of nitrogens with one attached hydrogen (secondary N) is 2. The molecule has 134 valence electrons. The monoisotopic (exact) mass is 349 g/mol. The summed E-state index contributed by atoms with van der Waals surface area (Å²) in [5, 5.41) is 6.80. The minimum atomic E-state index is 0.190. The molecule has 1 aliphatic rings. The van der Waals surface area contributed by atoms with Gasteiger partial charge in [0.25, 0.3) is 0 Å². The van der Waals surface area contributed by atoms with E-state index in [0.29, 0.717) is 0 Å². The van der Waals surface area contributed by atoms with Crippen molar-refractivity contribution in [3.05, 3.63) is 23.9 Å². The molecule has 0 unspecified atom stereocenters. The highest BCUT2D eigenvalue weighted by Crippen LogP contribution is 2.20. The van der Waals surface area contributed by atoms with Crippen molar-refractivity contribution in [2.75, 3.05) is 37.8 Å². The Bertz CT molecular complexity index is 538. The standard InChI is InChI=1S/C18H31N5S/c1-18(2,24-4)14-22-17(19-3)21-13-15-8-9-20-16(12-15)23-10-6-5-7-11-23/h8-9,12H,5-7,10-11,13-14H2,1-4H3,(H2,19,21,22). The Balaban J connectivity index is 1.88. The molecule has 1 aromatic rings. The third kappa shape index (κ3) is 5.89. The van der Waals surface area contributed by atoms with Crippen LogP contribution in [0.5, 0.6) is 0 Å². The Morgan fingerprint density at radius 1 is 1.29 bits per heavy atom. The first-order valence-electron chi connectivity index (χ1n) is 8.73. The minimum absolute atomic E-state index is 0.190. The van der Waals surface area contributed by atoms with Crippen LogP contribution in [0.4, 0.5) is 5.82 Å². The molecule has 0 spiro atoms. The molecule has 0 atom stereocenters. The summed E-state index contributed by atoms with van der Waals surface area (Å²) in [6.45, 7) is 8.33. The van der Waals surface area contributed by atoms with Crippen LogP contribution >= 0.6 is 11.8 Å². The van der Waals surface area contributed by atoms with Crippen LogP contribution in [0.2, 0.25) is 0 Å². The number of aliphatic imine (C=N–C) groups is 1. The van der Waals surface area contributed by atoms with Crippen LogP contribution in [0.1, 0.15) is 38.7 Å². The van der Waals surface area contributed by atoms with E-state index < -0.39 is 0 Å². The summed E-state index contributed by atoms with van der Waals surface area (Å²) in [6, 6.07) is 4.26. The van der Waals surface area contributed by atoms with E-state index >= 15 is 0 Å². The van der Waals surface area contributed by atoms with Crippen LogP contribution in [-0.4, -0.2) is 48.6 Å². The molecule has 0 aliphatic carbocycles. The summed E-state index contributed by atoms with van der Waals surface area (Å²) in [5.74, 6) is 1.94. The van der Waals surface area contributed by atoms with Crippen molar-refractivity contribution in [3.8, 4) is 0 Å². The Morgan fingerprint density at radius 2 is 2.04 bits per heavy atom. The summed E-state index contributed by atoms with van der Waals surface area (Å²) in [4.78, 5) is 11.2. The maximum atomic E-state index is 4.54. The lowest BCUT2D eigenvalue weighted by atomic mass is 10.1. The molecule has 2 rings (SSSR count). The van der Waals surface area contributed by atoms with Crippen LogP contribution < -0.4 is 15.5 Å². The molecule has 6 heteroatoms. The Labute approximate surface area is 150 Å². The molecule has 0 radical (unpaired) electrons. The van der Waals surface area contributed by atoms with Gasteiger partial charge in [0.1, 0.15) is 5.82 Å². The highest BCUT2D eigenvalue weighted by Gasteiger charge is 2.16. The number of hydrogen-bond donors (Lipinski definition) is 2. The SMILES string of the molecule is CN=C(NCc1ccnc(N2CCCCC2)c1)NCC(C)(C)SC. The van der Waals surface area contributed by atoms with Crippen LogP contribution in [-0.2, 0) is 6.54 Å². The topological polar surface area (TPSA) is 52.6 Å². The average Bonchev–Trinajstić information content (AvgIpc) is 2.63. The van der Waals surface area contributed by atoms with Gasteiger partial charge in [0, 0.05) is 44.2 Å². The van der Waals surface area contributed by atoms with Crippen LogP contribution in [0.25, 0.3) is 0 Å². The lowest BCUT2D eigenvalue weighted by molar-refractivity contribution is 0.573. The lowest BCUT2D eigenvalue weighted by Gasteiger charge is -2.28. The van der Waals surface area contributed by atoms with Gasteiger partial charge < -0.3 is 15.5 Å². The highest BCUT2D eigenvalue weighted by molar-refractivity contribution is 7.99. The number of piperidine rings is 1. The Morgan fingerprint density at radius 3 is 2.71 bits per heavy atom. The van der Waals surface area contributed by atoms with Crippen LogP contribution in [0.15, 0.2) is 23.3 Å². The number of anilines is 1. The van der Waals surface area contributed by atoms with Gasteiger partial charge in [-0.15, -0.1) is 0 Å². The van der Waals surface area contributed by atoms with Gasteiger partial charge in [-0.3, -0.25) is 4.99 Å². The molecule has 24 heavy (non-hydrogen) atoms. The largest absolute Gasteiger partial charge is 0.357 e. The molecule has 0 amide bonds. The first-order valence-corrected chi connectivity index (χ1v) is 9.96. The predicted octanol–water partition coefficient (Wildman–Crippen LogP) is 2.88. The number of pyridine rings is 1. The smallest absolute Gasteiger partial charge is 0.191 e. The second-order valence-electron chi connectivity index (χ2n) is 6.81. The van der Waals surface area contributed by atoms with Gasteiger partial charge in [-0.1, -0.05) is 0 Å². The lowest BCUT2D eigenvalue weighted by Crippen LogP contribution is -2.43. The van der Waals surface area contributed by atoms with E-state index in [1.54, 1.807) is 0 Å². The van der Waals surface area contributed by atoms with E-state index in [-0.39, 0.29) is 4.75 Å². The van der Waals surface area contributed by atoms with Gasteiger partial charge in [-0.05, 0) is 57.1 Å². The number of rotatable bonds is 6. The van der Waals surface area contributed by atoms with E-state index in [9.17, 15) is 0 Å². The zero-order chi connectivity index (χ0) is 17.4. The fourth-order valence-electron chi connectivity index (χ4n) is 2.64. The molecular weight excluding hydrogens is 318 g/mol. The second kappa shape index (κ2) is 9.16. The first kappa shape index (κ1) is 18.9. The van der Waals surface area contributed by atoms with Gasteiger partial charge >= 0.3 is 0 Å². The molecule has 1 fully saturated rings. The molecule has 2 heterocycles. The summed E-state index contributed by atoms with van der Waals surface area (Å²) in [6.07, 6.45) is 7.93. The van der Waals surface area contributed by atoms with E-state index in [2.05, 4.69) is 57.7 Å². The summed E-state index contributed by atoms with van der Waals surface area (Å²) >= 11 is 1.85. The van der Waals surface area contributed by atoms with Crippen molar-refractivity contribution in [3.63, 3.8) is 0 Å². The molecule has 5 nitrogen and oxygen atoms in total. The Kier molecular flexibility index (Phi) is 7.21. The zero-order valence-corrected chi connectivity index (χ0v) is 16.2. The van der Waals surface area contributed by atoms with E-state index in [0.717, 1.165) is 38.0 Å². The molecular formula is C18H31N5S. The molecule has 0 saturated carbocycles. The van der Waals surface area contributed by atoms with Gasteiger partial charge in [0.05, 0.1) is 0 Å². The molecule has 0 bridgehead atoms. The molecule has 0 aromatic carbocycles. The van der Waals surface area contributed by atoms with Crippen molar-refractivity contribution in [2.24, 2.45) is 4.99 Å². The molecule has 1 aliphatic heterocycles. The van der Waals surface area contributed by atoms with Gasteiger partial charge in [-0.2, -0.15) is 11.8 Å². The summed E-state index contributed by atoms with van der Waals surface area (Å²) in [5.41, 5.74) is 1.23. The van der Waals surface area contributed by atoms with Crippen molar-refractivity contribution in [1.82, 2.24) is 15.6 Å². The minimum Gasteiger partial charge on any atom is -0.357 e. The summed E-state index contributed by atoms with van der Waals surface area (Å²) < 4.78 is 0.190. The van der Waals surface area contributed by atoms with E-state index in [1.165, 1.54) is 24.8 Å². The quantitative estimate of drug-likeness (QED) is 0.611. The number of thioether (sulfide) groups is 1. The van der Waals surface area contributed by atoms with Crippen LogP contribution in [0.3, 0.4) is 0 Å². The highest BCUT2D eigenvalue weighted by atomic mass is 32.2. The molecule has 1 saturated heterocycles. The Hall–Kier alpha value is -1.43. The molecule has 1 aromatic heterocycles. The van der Waals surface area contributed by atoms with Gasteiger partial charge in [0.2, 0.25) is 0 Å². The van der Waals surface area contributed by atoms with Crippen molar-refractivity contribution >= 4 is 23.5 Å². The fourth-order valence-corrected chi connectivity index (χ4v) is 2.86. The van der Waals surface area contributed by atoms with Crippen molar-refractivity contribution < 1.29 is 0 Å². The predicted molar refractivity (Wildman–Crippen MR) is 106 cm³/mol. The number of aromatic nitrogens is 1. The van der Waals surface area contributed by atoms with Gasteiger partial charge in [0.15, 0.2) is 5.96 Å². The van der Waals surface area contributed by atoms with Crippen molar-refractivity contribution in [2.45, 2.75) is 44.4 Å². The molecule has 2 N–H and O–H groups in total. The normalized spacial score (nSPS) is 16.2. The van der Waals surface area contributed by atoms with Crippen molar-refractivity contribution in [1.29, 1.82) is 0 Å². The fraction of sp³-hybridized carbons (Fsp3) is 0.667. The second-order valence-corrected chi connectivity index (χ2v) is 8.33. The van der Waals surface area contributed by atoms with Crippen LogP contribution in [0, 0.1) is 0 Å². The summed E-state index contributed by atoms with van der Waals surface area (Å²) in [7, 11) is 1.81. The zero-order valence-electron chi connectivity index (χ0n) is 15.4. The van der Waals surface area contributed by atoms with E-state index in [4.69, 9.17) is 0 Å².